The Morgan fingerprint density at radius 3 is 1.49 bits per heavy atom. The van der Waals surface area contributed by atoms with Crippen LogP contribution in [0.1, 0.15) is 115 Å². The predicted octanol–water partition coefficient (Wildman–Crippen LogP) is 0.972. The van der Waals surface area contributed by atoms with E-state index in [2.05, 4.69) is 16.0 Å². The van der Waals surface area contributed by atoms with Crippen molar-refractivity contribution >= 4 is 65.4 Å². The molecule has 0 aromatic rings. The zero-order valence-electron chi connectivity index (χ0n) is 46.0. The van der Waals surface area contributed by atoms with E-state index in [0.717, 1.165) is 26.6 Å². The number of aliphatic hydroxyl groups excluding tert-OH is 1. The average Bonchev–Trinajstić information content (AvgIpc) is 3.29. The average molecular weight is 1030 g/mol. The highest BCUT2D eigenvalue weighted by atomic mass is 16.5. The number of carbonyl (C=O) groups is 11. The van der Waals surface area contributed by atoms with Gasteiger partial charge in [0.25, 0.3) is 5.91 Å². The van der Waals surface area contributed by atoms with Gasteiger partial charge in [-0.25, -0.2) is 19.3 Å². The number of imide groups is 3. The lowest BCUT2D eigenvalue weighted by atomic mass is 9.94. The molecule has 0 bridgehead atoms. The van der Waals surface area contributed by atoms with Gasteiger partial charge in [-0.2, -0.15) is 0 Å². The molecule has 0 fully saturated rings. The number of amides is 14. The Labute approximate surface area is 426 Å². The lowest BCUT2D eigenvalue weighted by Crippen LogP contribution is -2.61. The maximum absolute atomic E-state index is 14.7. The SMILES string of the molecule is CCC(=O)NC(=O)N(C)C(=O)N(C)[C@@H](CC(C)C)C(=O)N(C)[C@H](C(=O)N(C)[C@@H](C[C@H](C)CC(O)O)C(=O)N[C@@H](CC)C(=O)N(C)CC(=O)N(C)[C@@H](CC(C)C)C(=O)N[C@H](C(=O)N(C)C(N)=O)C(C)C)C(C)C. The first-order valence-electron chi connectivity index (χ1n) is 24.5. The quantitative estimate of drug-likeness (QED) is 0.0660. The topological polar surface area (TPSA) is 313 Å². The highest BCUT2D eigenvalue weighted by molar-refractivity contribution is 6.03. The summed E-state index contributed by atoms with van der Waals surface area (Å²) in [5.74, 6) is -7.41. The molecule has 0 aromatic heterocycles. The zero-order valence-corrected chi connectivity index (χ0v) is 46.0. The first kappa shape index (κ1) is 66.1. The van der Waals surface area contributed by atoms with Gasteiger partial charge in [0.15, 0.2) is 6.29 Å². The molecule has 7 atom stereocenters. The van der Waals surface area contributed by atoms with E-state index in [9.17, 15) is 63.0 Å². The van der Waals surface area contributed by atoms with Gasteiger partial charge in [-0.15, -0.1) is 0 Å². The number of hydrogen-bond donors (Lipinski definition) is 6. The van der Waals surface area contributed by atoms with Gasteiger partial charge >= 0.3 is 18.1 Å². The third-order valence-electron chi connectivity index (χ3n) is 12.4. The lowest BCUT2D eigenvalue weighted by Gasteiger charge is -2.40. The van der Waals surface area contributed by atoms with Gasteiger partial charge in [-0.1, -0.05) is 76.2 Å². The Balaban J connectivity index is 6.80. The second kappa shape index (κ2) is 30.2. The van der Waals surface area contributed by atoms with Crippen LogP contribution in [0.5, 0.6) is 0 Å². The number of primary amides is 1. The van der Waals surface area contributed by atoms with E-state index < -0.39 is 132 Å². The summed E-state index contributed by atoms with van der Waals surface area (Å²) in [5, 5.41) is 27.1. The number of rotatable bonds is 26. The van der Waals surface area contributed by atoms with Crippen LogP contribution in [0.3, 0.4) is 0 Å². The molecular weight excluding hydrogens is 939 g/mol. The fourth-order valence-corrected chi connectivity index (χ4v) is 7.94. The molecule has 0 saturated heterocycles. The van der Waals surface area contributed by atoms with E-state index in [1.54, 1.807) is 41.5 Å². The summed E-state index contributed by atoms with van der Waals surface area (Å²) in [6.07, 6.45) is -1.77. The summed E-state index contributed by atoms with van der Waals surface area (Å²) >= 11 is 0. The van der Waals surface area contributed by atoms with Gasteiger partial charge in [0.1, 0.15) is 36.3 Å². The molecule has 24 heteroatoms. The normalized spacial score (nSPS) is 14.3. The second-order valence-electron chi connectivity index (χ2n) is 20.2. The van der Waals surface area contributed by atoms with Gasteiger partial charge in [0.2, 0.25) is 41.4 Å². The van der Waals surface area contributed by atoms with E-state index in [-0.39, 0.29) is 50.4 Å². The third-order valence-corrected chi connectivity index (χ3v) is 12.4. The van der Waals surface area contributed by atoms with Crippen LogP contribution in [0.4, 0.5) is 14.4 Å². The molecule has 0 unspecified atom stereocenters. The van der Waals surface area contributed by atoms with E-state index in [0.29, 0.717) is 9.80 Å². The number of aliphatic hydroxyl groups is 2. The van der Waals surface area contributed by atoms with Crippen molar-refractivity contribution in [1.29, 1.82) is 0 Å². The number of urea groups is 3. The minimum Gasteiger partial charge on any atom is -0.368 e. The van der Waals surface area contributed by atoms with Crippen LogP contribution in [0.2, 0.25) is 0 Å². The Morgan fingerprint density at radius 2 is 1.04 bits per heavy atom. The highest BCUT2D eigenvalue weighted by Crippen LogP contribution is 2.23. The van der Waals surface area contributed by atoms with E-state index in [4.69, 9.17) is 5.73 Å². The van der Waals surface area contributed by atoms with Crippen LogP contribution < -0.4 is 21.7 Å². The molecule has 0 aromatic carbocycles. The molecule has 0 rings (SSSR count). The minimum atomic E-state index is -1.75. The summed E-state index contributed by atoms with van der Waals surface area (Å²) < 4.78 is 0. The van der Waals surface area contributed by atoms with Crippen LogP contribution in [-0.4, -0.2) is 208 Å². The van der Waals surface area contributed by atoms with Crippen molar-refractivity contribution in [3.8, 4) is 0 Å². The first-order chi connectivity index (χ1) is 33.1. The molecule has 0 radical (unpaired) electrons. The second-order valence-corrected chi connectivity index (χ2v) is 20.2. The number of hydrogen-bond acceptors (Lipinski definition) is 13. The van der Waals surface area contributed by atoms with E-state index in [1.165, 1.54) is 54.1 Å². The molecule has 0 aliphatic rings. The maximum Gasteiger partial charge on any atom is 0.331 e. The standard InChI is InChI=1S/C48H87N11O13/c1-19-31(42(66)53(12)25-36(61)54(13)32(21-26(3)4)41(65)52-38(28(7)8)44(68)58(17)46(49)70)50-40(64)33(23-30(11)24-37(62)63)55(14)45(69)39(29(9)10)57(16)43(67)34(22-27(5)6)56(15)48(72)59(18)47(71)51-35(60)20-2/h26-34,37-39,62-63H,19-25H2,1-18H3,(H2,49,70)(H,50,64)(H,52,65)(H,51,60,71)/t30-,31-,32-,33-,34-,38-,39-/m0/s1. The number of carbonyl (C=O) groups excluding carboxylic acids is 11. The maximum atomic E-state index is 14.7. The third kappa shape index (κ3) is 19.6. The summed E-state index contributed by atoms with van der Waals surface area (Å²) in [6.45, 7) is 18.2. The number of nitrogens with one attached hydrogen (secondary N) is 3. The molecule has 0 heterocycles. The van der Waals surface area contributed by atoms with Crippen molar-refractivity contribution in [2.45, 2.75) is 157 Å². The molecule has 24 nitrogen and oxygen atoms in total. The van der Waals surface area contributed by atoms with Gasteiger partial charge in [-0.3, -0.25) is 48.6 Å². The highest BCUT2D eigenvalue weighted by Gasteiger charge is 2.42. The Bertz CT molecular complexity index is 1910. The van der Waals surface area contributed by atoms with Crippen molar-refractivity contribution in [2.24, 2.45) is 35.3 Å². The smallest absolute Gasteiger partial charge is 0.331 e. The minimum absolute atomic E-state index is 0.0145. The molecular formula is C48H87N11O13. The molecule has 72 heavy (non-hydrogen) atoms. The molecule has 0 aliphatic carbocycles. The van der Waals surface area contributed by atoms with E-state index in [1.807, 2.05) is 27.7 Å². The zero-order chi connectivity index (χ0) is 56.4. The summed E-state index contributed by atoms with van der Waals surface area (Å²) in [5.41, 5.74) is 5.30. The first-order valence-corrected chi connectivity index (χ1v) is 24.5. The van der Waals surface area contributed by atoms with Crippen molar-refractivity contribution in [2.75, 3.05) is 55.9 Å². The molecule has 14 amide bonds. The molecule has 0 saturated carbocycles. The molecule has 0 spiro atoms. The molecule has 412 valence electrons. The number of nitrogens with zero attached hydrogens (tertiary/aromatic N) is 7. The van der Waals surface area contributed by atoms with Gasteiger partial charge in [0.05, 0.1) is 6.54 Å². The Kier molecular flexibility index (Phi) is 27.7. The monoisotopic (exact) mass is 1030 g/mol. The summed E-state index contributed by atoms with van der Waals surface area (Å²) in [4.78, 5) is 155. The molecule has 0 aliphatic heterocycles. The van der Waals surface area contributed by atoms with Crippen molar-refractivity contribution < 1.29 is 63.0 Å². The number of nitrogens with two attached hydrogens (primary N) is 1. The Morgan fingerprint density at radius 1 is 0.542 bits per heavy atom. The molecule has 7 N–H and O–H groups in total. The lowest BCUT2D eigenvalue weighted by molar-refractivity contribution is -0.152. The summed E-state index contributed by atoms with van der Waals surface area (Å²) in [6, 6.07) is -10.2. The van der Waals surface area contributed by atoms with Gasteiger partial charge in [-0.05, 0) is 55.3 Å². The fraction of sp³-hybridized carbons (Fsp3) is 0.771. The van der Waals surface area contributed by atoms with E-state index >= 15 is 0 Å². The Hall–Kier alpha value is -5.91. The number of likely N-dealkylation sites (N-methyl/N-ethyl adjacent to an activating group) is 6. The predicted molar refractivity (Wildman–Crippen MR) is 268 cm³/mol. The fourth-order valence-electron chi connectivity index (χ4n) is 7.94. The van der Waals surface area contributed by atoms with Gasteiger partial charge < -0.3 is 51.1 Å². The van der Waals surface area contributed by atoms with Crippen LogP contribution in [0, 0.1) is 29.6 Å². The van der Waals surface area contributed by atoms with Crippen LogP contribution in [0.25, 0.3) is 0 Å². The van der Waals surface area contributed by atoms with Crippen LogP contribution >= 0.6 is 0 Å². The van der Waals surface area contributed by atoms with Crippen LogP contribution in [0.15, 0.2) is 0 Å². The van der Waals surface area contributed by atoms with Crippen LogP contribution in [-0.2, 0) is 38.4 Å². The van der Waals surface area contributed by atoms with Crippen molar-refractivity contribution in [3.63, 3.8) is 0 Å². The van der Waals surface area contributed by atoms with Crippen molar-refractivity contribution in [3.05, 3.63) is 0 Å². The summed E-state index contributed by atoms with van der Waals surface area (Å²) in [7, 11) is 9.10. The largest absolute Gasteiger partial charge is 0.368 e. The van der Waals surface area contributed by atoms with Gasteiger partial charge in [0, 0.05) is 62.2 Å². The van der Waals surface area contributed by atoms with Crippen molar-refractivity contribution in [1.82, 2.24) is 50.2 Å².